The first-order valence-corrected chi connectivity index (χ1v) is 7.16. The smallest absolute Gasteiger partial charge is 0.162 e. The van der Waals surface area contributed by atoms with Crippen LogP contribution in [-0.4, -0.2) is 18.8 Å². The van der Waals surface area contributed by atoms with Gasteiger partial charge in [0.2, 0.25) is 0 Å². The van der Waals surface area contributed by atoms with Gasteiger partial charge < -0.3 is 19.3 Å². The molecule has 0 spiro atoms. The topological polar surface area (TPSA) is 56.5 Å². The van der Waals surface area contributed by atoms with Gasteiger partial charge in [-0.3, -0.25) is 0 Å². The molecule has 0 aliphatic carbocycles. The molecule has 114 valence electrons. The fraction of sp³-hybridized carbons (Fsp3) is 0.400. The molecule has 0 aliphatic rings. The molecule has 0 aliphatic heterocycles. The summed E-state index contributed by atoms with van der Waals surface area (Å²) in [6.07, 6.45) is 0. The van der Waals surface area contributed by atoms with Crippen LogP contribution in [0.3, 0.4) is 0 Å². The van der Waals surface area contributed by atoms with Gasteiger partial charge in [0.1, 0.15) is 24.7 Å². The second kappa shape index (κ2) is 8.02. The van der Waals surface area contributed by atoms with Gasteiger partial charge in [0.15, 0.2) is 5.76 Å². The van der Waals surface area contributed by atoms with E-state index in [1.807, 2.05) is 18.2 Å². The lowest BCUT2D eigenvalue weighted by Gasteiger charge is -2.08. The third kappa shape index (κ3) is 4.74. The molecule has 0 unspecified atom stereocenters. The van der Waals surface area contributed by atoms with Crippen molar-refractivity contribution in [2.24, 2.45) is 0 Å². The highest BCUT2D eigenvalue weighted by molar-refractivity contribution is 6.32. The molecular weight excluding hydrogens is 292 g/mol. The van der Waals surface area contributed by atoms with Crippen molar-refractivity contribution >= 4 is 11.6 Å². The minimum Gasteiger partial charge on any atom is -0.486 e. The van der Waals surface area contributed by atoms with Gasteiger partial charge in [0.05, 0.1) is 5.02 Å². The fourth-order valence-electron chi connectivity index (χ4n) is 1.83. The Morgan fingerprint density at radius 3 is 2.86 bits per heavy atom. The van der Waals surface area contributed by atoms with Gasteiger partial charge >= 0.3 is 0 Å². The summed E-state index contributed by atoms with van der Waals surface area (Å²) in [6.45, 7) is 4.48. The molecule has 1 N–H and O–H groups in total. The van der Waals surface area contributed by atoms with Crippen LogP contribution in [-0.2, 0) is 24.5 Å². The lowest BCUT2D eigenvalue weighted by molar-refractivity contribution is 0.155. The van der Waals surface area contributed by atoms with E-state index in [0.29, 0.717) is 35.4 Å². The highest BCUT2D eigenvalue weighted by Gasteiger charge is 2.07. The number of methoxy groups -OCH3 is 1. The second-order valence-electron chi connectivity index (χ2n) is 4.55. The van der Waals surface area contributed by atoms with E-state index in [-0.39, 0.29) is 0 Å². The molecule has 5 nitrogen and oxygen atoms in total. The van der Waals surface area contributed by atoms with Gasteiger partial charge in [-0.05, 0) is 24.2 Å². The molecular formula is C15H19ClN2O3. The van der Waals surface area contributed by atoms with Crippen molar-refractivity contribution < 1.29 is 14.0 Å². The Hall–Kier alpha value is -1.56. The standard InChI is InChI=1S/C15H19ClN2O3/c1-3-17-8-11-4-5-15(14(16)6-11)20-9-12-7-13(10-19-2)21-18-12/h4-7,17H,3,8-10H2,1-2H3. The fourth-order valence-corrected chi connectivity index (χ4v) is 2.08. The summed E-state index contributed by atoms with van der Waals surface area (Å²) >= 11 is 6.21. The molecule has 2 aromatic rings. The summed E-state index contributed by atoms with van der Waals surface area (Å²) in [4.78, 5) is 0. The van der Waals surface area contributed by atoms with Gasteiger partial charge in [-0.2, -0.15) is 0 Å². The van der Waals surface area contributed by atoms with E-state index in [2.05, 4.69) is 17.4 Å². The number of hydrogen-bond acceptors (Lipinski definition) is 5. The molecule has 0 bridgehead atoms. The quantitative estimate of drug-likeness (QED) is 0.811. The van der Waals surface area contributed by atoms with Gasteiger partial charge in [-0.25, -0.2) is 0 Å². The summed E-state index contributed by atoms with van der Waals surface area (Å²) in [5.74, 6) is 1.30. The molecule has 1 heterocycles. The van der Waals surface area contributed by atoms with Gasteiger partial charge in [0, 0.05) is 19.7 Å². The van der Waals surface area contributed by atoms with Gasteiger partial charge in [-0.15, -0.1) is 0 Å². The SMILES string of the molecule is CCNCc1ccc(OCc2cc(COC)on2)c(Cl)c1. The summed E-state index contributed by atoms with van der Waals surface area (Å²) in [7, 11) is 1.60. The van der Waals surface area contributed by atoms with Crippen LogP contribution in [0.1, 0.15) is 23.9 Å². The van der Waals surface area contributed by atoms with E-state index in [1.54, 1.807) is 13.2 Å². The number of rotatable bonds is 8. The van der Waals surface area contributed by atoms with E-state index in [0.717, 1.165) is 18.7 Å². The number of nitrogens with zero attached hydrogens (tertiary/aromatic N) is 1. The van der Waals surface area contributed by atoms with Crippen LogP contribution in [0.5, 0.6) is 5.75 Å². The van der Waals surface area contributed by atoms with Crippen LogP contribution in [0.4, 0.5) is 0 Å². The third-order valence-corrected chi connectivity index (χ3v) is 3.14. The first-order valence-electron chi connectivity index (χ1n) is 6.78. The number of halogens is 1. The summed E-state index contributed by atoms with van der Waals surface area (Å²) in [6, 6.07) is 7.56. The highest BCUT2D eigenvalue weighted by atomic mass is 35.5. The average Bonchev–Trinajstić information content (AvgIpc) is 2.92. The number of aromatic nitrogens is 1. The van der Waals surface area contributed by atoms with E-state index >= 15 is 0 Å². The van der Waals surface area contributed by atoms with Crippen molar-refractivity contribution in [1.29, 1.82) is 0 Å². The van der Waals surface area contributed by atoms with Crippen molar-refractivity contribution in [3.63, 3.8) is 0 Å². The molecule has 21 heavy (non-hydrogen) atoms. The second-order valence-corrected chi connectivity index (χ2v) is 4.96. The Balaban J connectivity index is 1.92. The van der Waals surface area contributed by atoms with Crippen molar-refractivity contribution in [3.05, 3.63) is 46.3 Å². The minimum absolute atomic E-state index is 0.305. The summed E-state index contributed by atoms with van der Waals surface area (Å²) in [5, 5.41) is 7.74. The van der Waals surface area contributed by atoms with Gasteiger partial charge in [0.25, 0.3) is 0 Å². The van der Waals surface area contributed by atoms with Crippen LogP contribution in [0.2, 0.25) is 5.02 Å². The van der Waals surface area contributed by atoms with E-state index in [9.17, 15) is 0 Å². The zero-order valence-electron chi connectivity index (χ0n) is 12.2. The monoisotopic (exact) mass is 310 g/mol. The third-order valence-electron chi connectivity index (χ3n) is 2.85. The van der Waals surface area contributed by atoms with Crippen molar-refractivity contribution in [3.8, 4) is 5.75 Å². The maximum absolute atomic E-state index is 6.21. The Bertz CT molecular complexity index is 572. The van der Waals surface area contributed by atoms with Crippen LogP contribution >= 0.6 is 11.6 Å². The summed E-state index contributed by atoms with van der Waals surface area (Å²) < 4.78 is 15.7. The van der Waals surface area contributed by atoms with E-state index in [1.165, 1.54) is 0 Å². The van der Waals surface area contributed by atoms with Gasteiger partial charge in [-0.1, -0.05) is 29.7 Å². The predicted octanol–water partition coefficient (Wildman–Crippen LogP) is 3.16. The maximum Gasteiger partial charge on any atom is 0.162 e. The van der Waals surface area contributed by atoms with Crippen LogP contribution in [0, 0.1) is 0 Å². The Morgan fingerprint density at radius 2 is 2.14 bits per heavy atom. The van der Waals surface area contributed by atoms with Crippen LogP contribution in [0.15, 0.2) is 28.8 Å². The number of benzene rings is 1. The maximum atomic E-state index is 6.21. The van der Waals surface area contributed by atoms with E-state index in [4.69, 9.17) is 25.6 Å². The highest BCUT2D eigenvalue weighted by Crippen LogP contribution is 2.26. The molecule has 0 atom stereocenters. The lowest BCUT2D eigenvalue weighted by atomic mass is 10.2. The largest absolute Gasteiger partial charge is 0.486 e. The first-order chi connectivity index (χ1) is 10.2. The molecule has 1 aromatic carbocycles. The molecule has 1 aromatic heterocycles. The van der Waals surface area contributed by atoms with Crippen molar-refractivity contribution in [2.45, 2.75) is 26.7 Å². The predicted molar refractivity (Wildman–Crippen MR) is 80.4 cm³/mol. The molecule has 0 saturated carbocycles. The number of nitrogens with one attached hydrogen (secondary N) is 1. The van der Waals surface area contributed by atoms with Crippen molar-refractivity contribution in [1.82, 2.24) is 10.5 Å². The number of ether oxygens (including phenoxy) is 2. The first kappa shape index (κ1) is 15.8. The zero-order valence-corrected chi connectivity index (χ0v) is 12.9. The molecule has 0 radical (unpaired) electrons. The minimum atomic E-state index is 0.305. The molecule has 2 rings (SSSR count). The normalized spacial score (nSPS) is 10.8. The molecule has 6 heteroatoms. The van der Waals surface area contributed by atoms with Crippen molar-refractivity contribution in [2.75, 3.05) is 13.7 Å². The summed E-state index contributed by atoms with van der Waals surface area (Å²) in [5.41, 5.74) is 1.83. The molecule has 0 fully saturated rings. The Morgan fingerprint density at radius 1 is 1.29 bits per heavy atom. The van der Waals surface area contributed by atoms with Crippen LogP contribution in [0.25, 0.3) is 0 Å². The average molecular weight is 311 g/mol. The van der Waals surface area contributed by atoms with Crippen LogP contribution < -0.4 is 10.1 Å². The molecule has 0 amide bonds. The Kier molecular flexibility index (Phi) is 6.04. The molecule has 0 saturated heterocycles. The number of hydrogen-bond donors (Lipinski definition) is 1. The van der Waals surface area contributed by atoms with E-state index < -0.39 is 0 Å². The zero-order chi connectivity index (χ0) is 15.1. The lowest BCUT2D eigenvalue weighted by Crippen LogP contribution is -2.11. The Labute approximate surface area is 129 Å².